The first kappa shape index (κ1) is 17.1. The number of hydrogen-bond acceptors (Lipinski definition) is 5. The van der Waals surface area contributed by atoms with E-state index in [0.717, 1.165) is 25.3 Å². The van der Waals surface area contributed by atoms with Crippen molar-refractivity contribution in [2.75, 3.05) is 19.6 Å². The molecule has 0 spiro atoms. The molecule has 1 amide bonds. The Morgan fingerprint density at radius 1 is 1.00 bits per heavy atom. The van der Waals surface area contributed by atoms with Gasteiger partial charge in [0.05, 0.1) is 11.7 Å². The van der Waals surface area contributed by atoms with Crippen molar-refractivity contribution in [3.63, 3.8) is 0 Å². The molecule has 142 valence electrons. The van der Waals surface area contributed by atoms with E-state index in [-0.39, 0.29) is 11.9 Å². The van der Waals surface area contributed by atoms with Crippen LogP contribution in [0.3, 0.4) is 0 Å². The standard InChI is InChI=1S/C21H22N6O/c28-21(17-7-4-8-19(13-17)27-15-22-23-24-27)26-12-11-25(18-9-10-18)14-20(26)16-5-2-1-3-6-16/h1-8,13,15,18,20H,9-12,14H2. The molecule has 7 nitrogen and oxygen atoms in total. The fraction of sp³-hybridized carbons (Fsp3) is 0.333. The molecule has 1 atom stereocenters. The number of carbonyl (C=O) groups excluding carboxylic acids is 1. The second kappa shape index (κ2) is 7.16. The molecule has 1 aromatic heterocycles. The summed E-state index contributed by atoms with van der Waals surface area (Å²) in [6.45, 7) is 2.57. The van der Waals surface area contributed by atoms with Crippen LogP contribution in [0.5, 0.6) is 0 Å². The smallest absolute Gasteiger partial charge is 0.254 e. The predicted molar refractivity (Wildman–Crippen MR) is 104 cm³/mol. The summed E-state index contributed by atoms with van der Waals surface area (Å²) in [7, 11) is 0. The summed E-state index contributed by atoms with van der Waals surface area (Å²) in [4.78, 5) is 18.0. The summed E-state index contributed by atoms with van der Waals surface area (Å²) in [5, 5.41) is 11.3. The molecular formula is C21H22N6O. The second-order valence-corrected chi connectivity index (χ2v) is 7.46. The van der Waals surface area contributed by atoms with E-state index in [0.29, 0.717) is 11.6 Å². The minimum Gasteiger partial charge on any atom is -0.329 e. The van der Waals surface area contributed by atoms with Gasteiger partial charge in [-0.05, 0) is 47.0 Å². The molecule has 28 heavy (non-hydrogen) atoms. The number of nitrogens with zero attached hydrogens (tertiary/aromatic N) is 6. The molecule has 0 bridgehead atoms. The van der Waals surface area contributed by atoms with Gasteiger partial charge in [0.15, 0.2) is 0 Å². The maximum atomic E-state index is 13.4. The highest BCUT2D eigenvalue weighted by Gasteiger charge is 2.38. The van der Waals surface area contributed by atoms with Crippen LogP contribution in [0.15, 0.2) is 60.9 Å². The Morgan fingerprint density at radius 2 is 1.86 bits per heavy atom. The molecular weight excluding hydrogens is 352 g/mol. The van der Waals surface area contributed by atoms with Crippen LogP contribution in [0.2, 0.25) is 0 Å². The zero-order chi connectivity index (χ0) is 18.9. The lowest BCUT2D eigenvalue weighted by Gasteiger charge is -2.42. The number of aromatic nitrogens is 4. The first-order valence-electron chi connectivity index (χ1n) is 9.73. The highest BCUT2D eigenvalue weighted by molar-refractivity contribution is 5.95. The average Bonchev–Trinajstić information content (AvgIpc) is 3.47. The molecule has 1 saturated carbocycles. The van der Waals surface area contributed by atoms with E-state index in [4.69, 9.17) is 0 Å². The highest BCUT2D eigenvalue weighted by atomic mass is 16.2. The quantitative estimate of drug-likeness (QED) is 0.701. The Labute approximate surface area is 163 Å². The Hall–Kier alpha value is -3.06. The predicted octanol–water partition coefficient (Wildman–Crippen LogP) is 2.32. The fourth-order valence-corrected chi connectivity index (χ4v) is 4.01. The van der Waals surface area contributed by atoms with Crippen molar-refractivity contribution in [1.29, 1.82) is 0 Å². The topological polar surface area (TPSA) is 67.2 Å². The normalized spacial score (nSPS) is 20.3. The van der Waals surface area contributed by atoms with Gasteiger partial charge in [-0.15, -0.1) is 5.10 Å². The van der Waals surface area contributed by atoms with Crippen molar-refractivity contribution in [3.8, 4) is 5.69 Å². The lowest BCUT2D eigenvalue weighted by molar-refractivity contribution is 0.0433. The lowest BCUT2D eigenvalue weighted by atomic mass is 10.0. The highest BCUT2D eigenvalue weighted by Crippen LogP contribution is 2.34. The molecule has 0 radical (unpaired) electrons. The van der Waals surface area contributed by atoms with Crippen LogP contribution in [0.25, 0.3) is 5.69 Å². The molecule has 7 heteroatoms. The zero-order valence-electron chi connectivity index (χ0n) is 15.6. The zero-order valence-corrected chi connectivity index (χ0v) is 15.6. The third-order valence-corrected chi connectivity index (χ3v) is 5.63. The first-order valence-corrected chi connectivity index (χ1v) is 9.73. The van der Waals surface area contributed by atoms with Crippen molar-refractivity contribution in [2.24, 2.45) is 0 Å². The van der Waals surface area contributed by atoms with Crippen LogP contribution < -0.4 is 0 Å². The Kier molecular flexibility index (Phi) is 4.37. The number of carbonyl (C=O) groups is 1. The minimum absolute atomic E-state index is 0.0548. The number of piperazine rings is 1. The van der Waals surface area contributed by atoms with Crippen molar-refractivity contribution < 1.29 is 4.79 Å². The molecule has 1 aliphatic heterocycles. The molecule has 5 rings (SSSR count). The van der Waals surface area contributed by atoms with Crippen molar-refractivity contribution >= 4 is 5.91 Å². The van der Waals surface area contributed by atoms with E-state index in [9.17, 15) is 4.79 Å². The number of amides is 1. The van der Waals surface area contributed by atoms with E-state index < -0.39 is 0 Å². The van der Waals surface area contributed by atoms with E-state index in [1.807, 2.05) is 47.4 Å². The Balaban J connectivity index is 1.44. The molecule has 1 aliphatic carbocycles. The second-order valence-electron chi connectivity index (χ2n) is 7.46. The van der Waals surface area contributed by atoms with Crippen LogP contribution in [0.1, 0.15) is 34.8 Å². The molecule has 2 aliphatic rings. The van der Waals surface area contributed by atoms with Gasteiger partial charge < -0.3 is 4.90 Å². The van der Waals surface area contributed by atoms with Crippen LogP contribution in [0.4, 0.5) is 0 Å². The molecule has 1 unspecified atom stereocenters. The summed E-state index contributed by atoms with van der Waals surface area (Å²) in [6, 6.07) is 18.6. The van der Waals surface area contributed by atoms with Gasteiger partial charge >= 0.3 is 0 Å². The average molecular weight is 374 g/mol. The van der Waals surface area contributed by atoms with E-state index in [1.165, 1.54) is 24.7 Å². The van der Waals surface area contributed by atoms with Crippen molar-refractivity contribution in [1.82, 2.24) is 30.0 Å². The van der Waals surface area contributed by atoms with Gasteiger partial charge in [-0.2, -0.15) is 0 Å². The van der Waals surface area contributed by atoms with Gasteiger partial charge in [0.1, 0.15) is 6.33 Å². The third kappa shape index (κ3) is 3.29. The number of benzene rings is 2. The Morgan fingerprint density at radius 3 is 2.61 bits per heavy atom. The van der Waals surface area contributed by atoms with Crippen LogP contribution >= 0.6 is 0 Å². The van der Waals surface area contributed by atoms with E-state index in [2.05, 4.69) is 32.6 Å². The first-order chi connectivity index (χ1) is 13.8. The number of rotatable bonds is 4. The molecule has 0 N–H and O–H groups in total. The van der Waals surface area contributed by atoms with Crippen LogP contribution in [0, 0.1) is 0 Å². The van der Waals surface area contributed by atoms with E-state index >= 15 is 0 Å². The molecule has 2 aromatic carbocycles. The SMILES string of the molecule is O=C(c1cccc(-n2cnnn2)c1)N1CCN(C2CC2)CC1c1ccccc1. The minimum atomic E-state index is 0.0548. The third-order valence-electron chi connectivity index (χ3n) is 5.63. The van der Waals surface area contributed by atoms with Crippen LogP contribution in [-0.4, -0.2) is 61.6 Å². The van der Waals surface area contributed by atoms with Gasteiger partial charge in [-0.3, -0.25) is 9.69 Å². The maximum absolute atomic E-state index is 13.4. The molecule has 2 heterocycles. The van der Waals surface area contributed by atoms with Gasteiger partial charge in [0.25, 0.3) is 5.91 Å². The molecule has 3 aromatic rings. The summed E-state index contributed by atoms with van der Waals surface area (Å²) >= 11 is 0. The maximum Gasteiger partial charge on any atom is 0.254 e. The van der Waals surface area contributed by atoms with Gasteiger partial charge in [-0.25, -0.2) is 4.68 Å². The van der Waals surface area contributed by atoms with Gasteiger partial charge in [-0.1, -0.05) is 36.4 Å². The summed E-state index contributed by atoms with van der Waals surface area (Å²) in [6.07, 6.45) is 4.09. The molecule has 1 saturated heterocycles. The monoisotopic (exact) mass is 374 g/mol. The van der Waals surface area contributed by atoms with Crippen molar-refractivity contribution in [2.45, 2.75) is 24.9 Å². The lowest BCUT2D eigenvalue weighted by Crippen LogP contribution is -2.51. The number of hydrogen-bond donors (Lipinski definition) is 0. The summed E-state index contributed by atoms with van der Waals surface area (Å²) in [5.74, 6) is 0.0548. The van der Waals surface area contributed by atoms with E-state index in [1.54, 1.807) is 4.68 Å². The van der Waals surface area contributed by atoms with Gasteiger partial charge in [0, 0.05) is 31.2 Å². The van der Waals surface area contributed by atoms with Gasteiger partial charge in [0.2, 0.25) is 0 Å². The summed E-state index contributed by atoms with van der Waals surface area (Å²) < 4.78 is 1.57. The fourth-order valence-electron chi connectivity index (χ4n) is 4.01. The Bertz CT molecular complexity index is 954. The van der Waals surface area contributed by atoms with Crippen LogP contribution in [-0.2, 0) is 0 Å². The largest absolute Gasteiger partial charge is 0.329 e. The summed E-state index contributed by atoms with van der Waals surface area (Å²) in [5.41, 5.74) is 2.63. The van der Waals surface area contributed by atoms with Crippen molar-refractivity contribution in [3.05, 3.63) is 72.1 Å². The molecule has 2 fully saturated rings. The number of tetrazole rings is 1.